The smallest absolute Gasteiger partial charge is 0.183 e. The molecule has 5 heteroatoms. The molecule has 0 atom stereocenters. The molecule has 0 aliphatic carbocycles. The first-order valence-electron chi connectivity index (χ1n) is 6.41. The van der Waals surface area contributed by atoms with Crippen LogP contribution in [-0.4, -0.2) is 15.9 Å². The standard InChI is InChI=1S/C16H12FNO2S/c1-9-3-2-6-18-12(9)8-13(19)15-11-7-10(17)4-5-14(11)21-16(15)20/h2-7,20H,8H2,1H3. The minimum absolute atomic E-state index is 0.0748. The van der Waals surface area contributed by atoms with Crippen LogP contribution in [0.2, 0.25) is 0 Å². The molecule has 0 bridgehead atoms. The van der Waals surface area contributed by atoms with Crippen LogP contribution in [0.5, 0.6) is 5.06 Å². The molecule has 0 aliphatic heterocycles. The number of hydrogen-bond donors (Lipinski definition) is 1. The van der Waals surface area contributed by atoms with E-state index in [2.05, 4.69) is 4.98 Å². The molecule has 1 aromatic carbocycles. The first kappa shape index (κ1) is 13.7. The van der Waals surface area contributed by atoms with Crippen molar-refractivity contribution in [2.45, 2.75) is 13.3 Å². The van der Waals surface area contributed by atoms with E-state index in [1.54, 1.807) is 18.3 Å². The first-order chi connectivity index (χ1) is 10.1. The van der Waals surface area contributed by atoms with Gasteiger partial charge < -0.3 is 5.11 Å². The van der Waals surface area contributed by atoms with Crippen LogP contribution in [0.3, 0.4) is 0 Å². The molecule has 0 saturated heterocycles. The third-order valence-corrected chi connectivity index (χ3v) is 4.33. The van der Waals surface area contributed by atoms with Gasteiger partial charge in [0.2, 0.25) is 0 Å². The number of aromatic nitrogens is 1. The third kappa shape index (κ3) is 2.52. The molecular weight excluding hydrogens is 289 g/mol. The van der Waals surface area contributed by atoms with Gasteiger partial charge in [-0.2, -0.15) is 0 Å². The van der Waals surface area contributed by atoms with E-state index in [1.807, 2.05) is 13.0 Å². The molecule has 0 radical (unpaired) electrons. The number of ketones is 1. The number of aryl methyl sites for hydroxylation is 1. The summed E-state index contributed by atoms with van der Waals surface area (Å²) in [4.78, 5) is 16.6. The SMILES string of the molecule is Cc1cccnc1CC(=O)c1c(O)sc2ccc(F)cc12. The highest BCUT2D eigenvalue weighted by atomic mass is 32.1. The van der Waals surface area contributed by atoms with Crippen molar-refractivity contribution in [1.29, 1.82) is 0 Å². The van der Waals surface area contributed by atoms with Gasteiger partial charge in [-0.25, -0.2) is 4.39 Å². The van der Waals surface area contributed by atoms with Gasteiger partial charge >= 0.3 is 0 Å². The molecule has 0 fully saturated rings. The molecule has 3 nitrogen and oxygen atoms in total. The summed E-state index contributed by atoms with van der Waals surface area (Å²) in [5, 5.41) is 10.4. The summed E-state index contributed by atoms with van der Waals surface area (Å²) in [6.45, 7) is 1.88. The predicted molar refractivity (Wildman–Crippen MR) is 80.5 cm³/mol. The molecule has 0 aliphatic rings. The van der Waals surface area contributed by atoms with Crippen LogP contribution in [-0.2, 0) is 6.42 Å². The Kier molecular flexibility index (Phi) is 3.43. The average Bonchev–Trinajstić information content (AvgIpc) is 2.76. The van der Waals surface area contributed by atoms with E-state index in [1.165, 1.54) is 12.1 Å². The summed E-state index contributed by atoms with van der Waals surface area (Å²) in [6.07, 6.45) is 1.71. The summed E-state index contributed by atoms with van der Waals surface area (Å²) in [5.41, 5.74) is 1.76. The molecule has 1 N–H and O–H groups in total. The minimum Gasteiger partial charge on any atom is -0.499 e. The first-order valence-corrected chi connectivity index (χ1v) is 7.22. The van der Waals surface area contributed by atoms with Crippen LogP contribution in [0, 0.1) is 12.7 Å². The van der Waals surface area contributed by atoms with Gasteiger partial charge in [0, 0.05) is 16.3 Å². The van der Waals surface area contributed by atoms with Crippen molar-refractivity contribution < 1.29 is 14.3 Å². The van der Waals surface area contributed by atoms with Crippen molar-refractivity contribution in [3.8, 4) is 5.06 Å². The average molecular weight is 301 g/mol. The van der Waals surface area contributed by atoms with Gasteiger partial charge in [-0.15, -0.1) is 0 Å². The van der Waals surface area contributed by atoms with E-state index >= 15 is 0 Å². The van der Waals surface area contributed by atoms with E-state index in [-0.39, 0.29) is 22.8 Å². The molecule has 21 heavy (non-hydrogen) atoms. The Balaban J connectivity index is 2.04. The molecule has 0 saturated carbocycles. The Bertz CT molecular complexity index is 841. The predicted octanol–water partition coefficient (Wildman–Crippen LogP) is 3.87. The van der Waals surface area contributed by atoms with Gasteiger partial charge in [-0.3, -0.25) is 9.78 Å². The van der Waals surface area contributed by atoms with Crippen molar-refractivity contribution in [3.05, 3.63) is 59.2 Å². The molecule has 2 heterocycles. The summed E-state index contributed by atoms with van der Waals surface area (Å²) in [5.74, 6) is -0.686. The lowest BCUT2D eigenvalue weighted by atomic mass is 10.0. The molecule has 3 aromatic rings. The maximum atomic E-state index is 13.4. The fourth-order valence-electron chi connectivity index (χ4n) is 2.27. The summed E-state index contributed by atoms with van der Waals surface area (Å²) in [7, 11) is 0. The number of aromatic hydroxyl groups is 1. The van der Waals surface area contributed by atoms with Gasteiger partial charge in [0.15, 0.2) is 10.8 Å². The van der Waals surface area contributed by atoms with Crippen LogP contribution < -0.4 is 0 Å². The number of nitrogens with zero attached hydrogens (tertiary/aromatic N) is 1. The quantitative estimate of drug-likeness (QED) is 0.747. The second kappa shape index (κ2) is 5.26. The molecule has 0 unspecified atom stereocenters. The number of fused-ring (bicyclic) bond motifs is 1. The van der Waals surface area contributed by atoms with E-state index in [0.29, 0.717) is 15.8 Å². The number of thiophene rings is 1. The van der Waals surface area contributed by atoms with E-state index in [9.17, 15) is 14.3 Å². The van der Waals surface area contributed by atoms with Crippen molar-refractivity contribution in [2.24, 2.45) is 0 Å². The zero-order valence-corrected chi connectivity index (χ0v) is 12.1. The second-order valence-corrected chi connectivity index (χ2v) is 5.82. The van der Waals surface area contributed by atoms with Crippen molar-refractivity contribution in [3.63, 3.8) is 0 Å². The number of halogens is 1. The maximum Gasteiger partial charge on any atom is 0.183 e. The van der Waals surface area contributed by atoms with Gasteiger partial charge in [-0.05, 0) is 36.8 Å². The molecular formula is C16H12FNO2S. The summed E-state index contributed by atoms with van der Waals surface area (Å²) >= 11 is 1.08. The highest BCUT2D eigenvalue weighted by molar-refractivity contribution is 7.21. The van der Waals surface area contributed by atoms with Crippen molar-refractivity contribution in [1.82, 2.24) is 4.98 Å². The number of carbonyl (C=O) groups is 1. The van der Waals surface area contributed by atoms with Crippen LogP contribution >= 0.6 is 11.3 Å². The summed E-state index contributed by atoms with van der Waals surface area (Å²) < 4.78 is 14.1. The minimum atomic E-state index is -0.427. The lowest BCUT2D eigenvalue weighted by Crippen LogP contribution is -2.06. The maximum absolute atomic E-state index is 13.4. The number of carbonyl (C=O) groups excluding carboxylic acids is 1. The molecule has 106 valence electrons. The Morgan fingerprint density at radius 2 is 2.19 bits per heavy atom. The normalized spacial score (nSPS) is 11.0. The Morgan fingerprint density at radius 3 is 2.95 bits per heavy atom. The fraction of sp³-hybridized carbons (Fsp3) is 0.125. The van der Waals surface area contributed by atoms with Crippen molar-refractivity contribution in [2.75, 3.05) is 0 Å². The van der Waals surface area contributed by atoms with Gasteiger partial charge in [0.25, 0.3) is 0 Å². The number of Topliss-reactive ketones (excluding diaryl/α,β-unsaturated/α-hetero) is 1. The monoisotopic (exact) mass is 301 g/mol. The topological polar surface area (TPSA) is 50.2 Å². The fourth-order valence-corrected chi connectivity index (χ4v) is 3.21. The molecule has 2 aromatic heterocycles. The molecule has 0 spiro atoms. The lowest BCUT2D eigenvalue weighted by Gasteiger charge is -2.04. The molecule has 0 amide bonds. The van der Waals surface area contributed by atoms with Crippen LogP contribution in [0.15, 0.2) is 36.5 Å². The number of benzene rings is 1. The second-order valence-electron chi connectivity index (χ2n) is 4.79. The largest absolute Gasteiger partial charge is 0.499 e. The lowest BCUT2D eigenvalue weighted by molar-refractivity contribution is 0.0991. The zero-order chi connectivity index (χ0) is 15.0. The van der Waals surface area contributed by atoms with Crippen LogP contribution in [0.25, 0.3) is 10.1 Å². The summed E-state index contributed by atoms with van der Waals surface area (Å²) in [6, 6.07) is 7.84. The highest BCUT2D eigenvalue weighted by Crippen LogP contribution is 2.37. The Morgan fingerprint density at radius 1 is 1.38 bits per heavy atom. The van der Waals surface area contributed by atoms with E-state index in [0.717, 1.165) is 16.9 Å². The Hall–Kier alpha value is -2.27. The highest BCUT2D eigenvalue weighted by Gasteiger charge is 2.20. The molecule has 3 rings (SSSR count). The third-order valence-electron chi connectivity index (χ3n) is 3.36. The van der Waals surface area contributed by atoms with Crippen molar-refractivity contribution >= 4 is 27.2 Å². The number of hydrogen-bond acceptors (Lipinski definition) is 4. The van der Waals surface area contributed by atoms with Crippen LogP contribution in [0.1, 0.15) is 21.6 Å². The van der Waals surface area contributed by atoms with Gasteiger partial charge in [-0.1, -0.05) is 17.4 Å². The number of pyridine rings is 1. The van der Waals surface area contributed by atoms with Gasteiger partial charge in [0.1, 0.15) is 5.82 Å². The number of rotatable bonds is 3. The van der Waals surface area contributed by atoms with E-state index in [4.69, 9.17) is 0 Å². The van der Waals surface area contributed by atoms with E-state index < -0.39 is 5.82 Å². The van der Waals surface area contributed by atoms with Gasteiger partial charge in [0.05, 0.1) is 17.7 Å². The van der Waals surface area contributed by atoms with Crippen LogP contribution in [0.4, 0.5) is 4.39 Å². The zero-order valence-electron chi connectivity index (χ0n) is 11.3. The Labute approximate surface area is 124 Å².